The molecule has 0 radical (unpaired) electrons. The van der Waals surface area contributed by atoms with E-state index in [0.717, 1.165) is 33.1 Å². The zero-order chi connectivity index (χ0) is 24.0. The Morgan fingerprint density at radius 1 is 0.857 bits per heavy atom. The van der Waals surface area contributed by atoms with Crippen LogP contribution in [0.3, 0.4) is 0 Å². The van der Waals surface area contributed by atoms with Crippen molar-refractivity contribution in [3.05, 3.63) is 120 Å². The Morgan fingerprint density at radius 2 is 1.57 bits per heavy atom. The molecule has 0 amide bonds. The van der Waals surface area contributed by atoms with Gasteiger partial charge in [0.05, 0.1) is 17.9 Å². The average molecular weight is 499 g/mol. The maximum absolute atomic E-state index is 5.97. The fourth-order valence-electron chi connectivity index (χ4n) is 3.72. The molecule has 0 atom stereocenters. The summed E-state index contributed by atoms with van der Waals surface area (Å²) in [6.45, 7) is 1.17. The van der Waals surface area contributed by atoms with Gasteiger partial charge in [0.2, 0.25) is 0 Å². The molecule has 0 unspecified atom stereocenters. The van der Waals surface area contributed by atoms with Gasteiger partial charge in [-0.15, -0.1) is 0 Å². The summed E-state index contributed by atoms with van der Waals surface area (Å²) in [5.41, 5.74) is 5.13. The minimum atomic E-state index is 0.494. The van der Waals surface area contributed by atoms with Crippen LogP contribution in [0.1, 0.15) is 11.1 Å². The van der Waals surface area contributed by atoms with Gasteiger partial charge in [-0.2, -0.15) is 10.2 Å². The van der Waals surface area contributed by atoms with Crippen LogP contribution in [0, 0.1) is 0 Å². The second kappa shape index (κ2) is 10.5. The number of benzene rings is 3. The van der Waals surface area contributed by atoms with Crippen molar-refractivity contribution in [3.63, 3.8) is 0 Å². The Labute approximate surface area is 214 Å². The first-order chi connectivity index (χ1) is 17.1. The van der Waals surface area contributed by atoms with Crippen LogP contribution in [0.15, 0.2) is 103 Å². The zero-order valence-corrected chi connectivity index (χ0v) is 20.4. The predicted octanol–water partition coefficient (Wildman–Crippen LogP) is 5.92. The van der Waals surface area contributed by atoms with Gasteiger partial charge < -0.3 is 10.6 Å². The van der Waals surface area contributed by atoms with Crippen LogP contribution in [0.2, 0.25) is 5.02 Å². The number of para-hydroxylation sites is 1. The lowest BCUT2D eigenvalue weighted by Gasteiger charge is -2.09. The lowest BCUT2D eigenvalue weighted by atomic mass is 10.1. The standard InChI is InChI=1S/C27H23ClN6S/c28-23-13-11-20(12-14-23)18-33-16-15-25(31-33)30-27(35)29-17-22-19-34(24-9-5-2-6-10-24)32-26(22)21-7-3-1-4-8-21/h1-16,19H,17-18H2,(H2,29,30,31,35). The van der Waals surface area contributed by atoms with Crippen molar-refractivity contribution in [2.45, 2.75) is 13.1 Å². The van der Waals surface area contributed by atoms with Crippen molar-refractivity contribution in [3.8, 4) is 16.9 Å². The summed E-state index contributed by atoms with van der Waals surface area (Å²) in [5.74, 6) is 0.680. The van der Waals surface area contributed by atoms with Gasteiger partial charge in [0.15, 0.2) is 10.9 Å². The molecule has 0 aliphatic rings. The number of thiocarbonyl (C=S) groups is 1. The number of aromatic nitrogens is 4. The van der Waals surface area contributed by atoms with Gasteiger partial charge in [-0.05, 0) is 42.0 Å². The maximum atomic E-state index is 5.97. The van der Waals surface area contributed by atoms with Gasteiger partial charge in [-0.1, -0.05) is 72.3 Å². The van der Waals surface area contributed by atoms with E-state index in [4.69, 9.17) is 28.9 Å². The van der Waals surface area contributed by atoms with Crippen molar-refractivity contribution in [1.29, 1.82) is 0 Å². The van der Waals surface area contributed by atoms with E-state index in [-0.39, 0.29) is 0 Å². The summed E-state index contributed by atoms with van der Waals surface area (Å²) in [6.07, 6.45) is 3.95. The van der Waals surface area contributed by atoms with Crippen LogP contribution >= 0.6 is 23.8 Å². The molecule has 8 heteroatoms. The lowest BCUT2D eigenvalue weighted by Crippen LogP contribution is -2.28. The number of anilines is 1. The van der Waals surface area contributed by atoms with Crippen LogP contribution in [0.5, 0.6) is 0 Å². The number of nitrogens with zero attached hydrogens (tertiary/aromatic N) is 4. The van der Waals surface area contributed by atoms with E-state index in [1.54, 1.807) is 0 Å². The molecule has 5 rings (SSSR count). The van der Waals surface area contributed by atoms with Crippen LogP contribution in [-0.2, 0) is 13.1 Å². The third kappa shape index (κ3) is 5.77. The fourth-order valence-corrected chi connectivity index (χ4v) is 4.02. The molecule has 3 aromatic carbocycles. The second-order valence-corrected chi connectivity index (χ2v) is 8.83. The minimum absolute atomic E-state index is 0.494. The lowest BCUT2D eigenvalue weighted by molar-refractivity contribution is 0.690. The number of hydrogen-bond donors (Lipinski definition) is 2. The van der Waals surface area contributed by atoms with Gasteiger partial charge in [0.1, 0.15) is 0 Å². The third-order valence-electron chi connectivity index (χ3n) is 5.44. The molecule has 174 valence electrons. The van der Waals surface area contributed by atoms with Gasteiger partial charge in [-0.25, -0.2) is 4.68 Å². The van der Waals surface area contributed by atoms with Crippen molar-refractivity contribution in [2.24, 2.45) is 0 Å². The molecule has 0 aliphatic carbocycles. The smallest absolute Gasteiger partial charge is 0.172 e. The number of hydrogen-bond acceptors (Lipinski definition) is 3. The summed E-state index contributed by atoms with van der Waals surface area (Å²) in [6, 6.07) is 29.8. The molecule has 0 saturated carbocycles. The van der Waals surface area contributed by atoms with Crippen molar-refractivity contribution >= 4 is 34.7 Å². The highest BCUT2D eigenvalue weighted by Crippen LogP contribution is 2.23. The minimum Gasteiger partial charge on any atom is -0.358 e. The van der Waals surface area contributed by atoms with E-state index >= 15 is 0 Å². The Kier molecular flexibility index (Phi) is 6.88. The highest BCUT2D eigenvalue weighted by molar-refractivity contribution is 7.80. The quantitative estimate of drug-likeness (QED) is 0.272. The number of halogens is 1. The largest absolute Gasteiger partial charge is 0.358 e. The van der Waals surface area contributed by atoms with Crippen molar-refractivity contribution < 1.29 is 0 Å². The molecule has 0 aliphatic heterocycles. The molecule has 5 aromatic rings. The van der Waals surface area contributed by atoms with Gasteiger partial charge >= 0.3 is 0 Å². The Morgan fingerprint density at radius 3 is 2.31 bits per heavy atom. The number of nitrogens with one attached hydrogen (secondary N) is 2. The first-order valence-corrected chi connectivity index (χ1v) is 11.9. The van der Waals surface area contributed by atoms with Gasteiger partial charge in [0.25, 0.3) is 0 Å². The normalized spacial score (nSPS) is 10.8. The first kappa shape index (κ1) is 22.8. The molecule has 0 bridgehead atoms. The van der Waals surface area contributed by atoms with E-state index in [0.29, 0.717) is 24.0 Å². The SMILES string of the molecule is S=C(NCc1cn(-c2ccccc2)nc1-c1ccccc1)Nc1ccn(Cc2ccc(Cl)cc2)n1. The molecular formula is C27H23ClN6S. The van der Waals surface area contributed by atoms with Crippen molar-refractivity contribution in [1.82, 2.24) is 24.9 Å². The molecule has 0 spiro atoms. The predicted molar refractivity (Wildman–Crippen MR) is 145 cm³/mol. The molecule has 35 heavy (non-hydrogen) atoms. The molecule has 6 nitrogen and oxygen atoms in total. The Bertz CT molecular complexity index is 1410. The topological polar surface area (TPSA) is 59.7 Å². The van der Waals surface area contributed by atoms with Crippen LogP contribution in [-0.4, -0.2) is 24.7 Å². The van der Waals surface area contributed by atoms with Gasteiger partial charge in [0, 0.05) is 41.2 Å². The first-order valence-electron chi connectivity index (χ1n) is 11.2. The monoisotopic (exact) mass is 498 g/mol. The van der Waals surface area contributed by atoms with Crippen LogP contribution in [0.25, 0.3) is 16.9 Å². The van der Waals surface area contributed by atoms with E-state index in [1.807, 2.05) is 101 Å². The van der Waals surface area contributed by atoms with Crippen LogP contribution < -0.4 is 10.6 Å². The maximum Gasteiger partial charge on any atom is 0.172 e. The summed E-state index contributed by atoms with van der Waals surface area (Å²) >= 11 is 11.5. The summed E-state index contributed by atoms with van der Waals surface area (Å²) in [4.78, 5) is 0. The van der Waals surface area contributed by atoms with E-state index in [2.05, 4.69) is 27.9 Å². The van der Waals surface area contributed by atoms with Crippen LogP contribution in [0.4, 0.5) is 5.82 Å². The molecule has 2 heterocycles. The van der Waals surface area contributed by atoms with E-state index in [1.165, 1.54) is 0 Å². The zero-order valence-electron chi connectivity index (χ0n) is 18.8. The highest BCUT2D eigenvalue weighted by atomic mass is 35.5. The third-order valence-corrected chi connectivity index (χ3v) is 5.94. The van der Waals surface area contributed by atoms with E-state index < -0.39 is 0 Å². The summed E-state index contributed by atoms with van der Waals surface area (Å²) in [7, 11) is 0. The van der Waals surface area contributed by atoms with Gasteiger partial charge in [-0.3, -0.25) is 4.68 Å². The molecule has 2 aromatic heterocycles. The average Bonchev–Trinajstić information content (AvgIpc) is 3.52. The second-order valence-electron chi connectivity index (χ2n) is 7.98. The Hall–Kier alpha value is -3.94. The van der Waals surface area contributed by atoms with Crippen molar-refractivity contribution in [2.75, 3.05) is 5.32 Å². The summed E-state index contributed by atoms with van der Waals surface area (Å²) in [5, 5.41) is 17.1. The molecule has 2 N–H and O–H groups in total. The molecule has 0 saturated heterocycles. The molecular weight excluding hydrogens is 476 g/mol. The number of rotatable bonds is 7. The summed E-state index contributed by atoms with van der Waals surface area (Å²) < 4.78 is 3.75. The fraction of sp³-hybridized carbons (Fsp3) is 0.0741. The van der Waals surface area contributed by atoms with E-state index in [9.17, 15) is 0 Å². The molecule has 0 fully saturated rings. The Balaban J connectivity index is 1.26. The highest BCUT2D eigenvalue weighted by Gasteiger charge is 2.13.